The molecule has 2 N–H and O–H groups in total. The first-order valence-electron chi connectivity index (χ1n) is 8.04. The molecule has 2 aromatic heterocycles. The number of aromatic nitrogens is 2. The van der Waals surface area contributed by atoms with Crippen molar-refractivity contribution in [3.63, 3.8) is 0 Å². The zero-order chi connectivity index (χ0) is 18.1. The van der Waals surface area contributed by atoms with Gasteiger partial charge in [0.05, 0.1) is 11.2 Å². The highest BCUT2D eigenvalue weighted by molar-refractivity contribution is 5.99. The van der Waals surface area contributed by atoms with Gasteiger partial charge in [-0.05, 0) is 11.6 Å². The number of anilines is 1. The van der Waals surface area contributed by atoms with E-state index >= 15 is 0 Å². The molecule has 0 fully saturated rings. The second-order valence-electron chi connectivity index (χ2n) is 5.84. The third-order valence-corrected chi connectivity index (χ3v) is 4.26. The number of benzene rings is 2. The van der Waals surface area contributed by atoms with Crippen LogP contribution >= 0.6 is 0 Å². The number of nitriles is 1. The molecule has 0 aliphatic carbocycles. The van der Waals surface area contributed by atoms with Gasteiger partial charge in [0.25, 0.3) is 0 Å². The smallest absolute Gasteiger partial charge is 0.356 e. The average Bonchev–Trinajstić information content (AvgIpc) is 3.12. The van der Waals surface area contributed by atoms with Crippen molar-refractivity contribution in [3.05, 3.63) is 77.6 Å². The Bertz CT molecular complexity index is 1170. The molecule has 0 amide bonds. The summed E-state index contributed by atoms with van der Waals surface area (Å²) in [6.07, 6.45) is 1.45. The summed E-state index contributed by atoms with van der Waals surface area (Å²) in [5, 5.41) is 23.2. The number of hydrogen-bond donors (Lipinski definition) is 2. The molecule has 0 atom stereocenters. The Balaban J connectivity index is 1.94. The lowest BCUT2D eigenvalue weighted by Gasteiger charge is -2.14. The van der Waals surface area contributed by atoms with Crippen LogP contribution in [0.5, 0.6) is 0 Å². The Morgan fingerprint density at radius 2 is 1.88 bits per heavy atom. The summed E-state index contributed by atoms with van der Waals surface area (Å²) in [6.45, 7) is 0.544. The van der Waals surface area contributed by atoms with Gasteiger partial charge in [-0.3, -0.25) is 4.40 Å². The number of pyridine rings is 1. The van der Waals surface area contributed by atoms with Crippen LogP contribution in [0.3, 0.4) is 0 Å². The Morgan fingerprint density at radius 3 is 2.62 bits per heavy atom. The lowest BCUT2D eigenvalue weighted by molar-refractivity contribution is 0.0691. The number of carboxylic acid groups (broad SMARTS) is 1. The second-order valence-corrected chi connectivity index (χ2v) is 5.84. The van der Waals surface area contributed by atoms with Crippen molar-refractivity contribution in [2.45, 2.75) is 6.54 Å². The van der Waals surface area contributed by atoms with E-state index in [0.29, 0.717) is 23.4 Å². The van der Waals surface area contributed by atoms with E-state index in [0.717, 1.165) is 16.5 Å². The van der Waals surface area contributed by atoms with Crippen LogP contribution in [0.2, 0.25) is 0 Å². The van der Waals surface area contributed by atoms with Crippen molar-refractivity contribution < 1.29 is 9.90 Å². The number of carboxylic acids is 1. The van der Waals surface area contributed by atoms with Crippen LogP contribution < -0.4 is 5.32 Å². The van der Waals surface area contributed by atoms with E-state index in [1.54, 1.807) is 4.40 Å². The maximum atomic E-state index is 11.3. The van der Waals surface area contributed by atoms with E-state index < -0.39 is 5.97 Å². The summed E-state index contributed by atoms with van der Waals surface area (Å²) in [6, 6.07) is 19.6. The molecule has 4 rings (SSSR count). The quantitative estimate of drug-likeness (QED) is 0.590. The van der Waals surface area contributed by atoms with Gasteiger partial charge < -0.3 is 10.4 Å². The summed E-state index contributed by atoms with van der Waals surface area (Å²) < 4.78 is 1.66. The van der Waals surface area contributed by atoms with Crippen molar-refractivity contribution in [3.8, 4) is 6.07 Å². The highest BCUT2D eigenvalue weighted by atomic mass is 16.4. The molecule has 126 valence electrons. The molecule has 0 saturated heterocycles. The molecule has 0 saturated carbocycles. The minimum Gasteiger partial charge on any atom is -0.476 e. The van der Waals surface area contributed by atoms with Gasteiger partial charge in [0.2, 0.25) is 0 Å². The fourth-order valence-corrected chi connectivity index (χ4v) is 3.06. The maximum absolute atomic E-state index is 11.3. The van der Waals surface area contributed by atoms with Gasteiger partial charge in [-0.15, -0.1) is 0 Å². The van der Waals surface area contributed by atoms with E-state index in [9.17, 15) is 15.2 Å². The molecule has 26 heavy (non-hydrogen) atoms. The topological polar surface area (TPSA) is 90.4 Å². The molecule has 0 aliphatic heterocycles. The number of nitrogens with one attached hydrogen (secondary N) is 1. The molecule has 2 heterocycles. The van der Waals surface area contributed by atoms with Gasteiger partial charge >= 0.3 is 5.97 Å². The van der Waals surface area contributed by atoms with Crippen LogP contribution in [0.4, 0.5) is 5.69 Å². The maximum Gasteiger partial charge on any atom is 0.356 e. The summed E-state index contributed by atoms with van der Waals surface area (Å²) >= 11 is 0. The van der Waals surface area contributed by atoms with Crippen LogP contribution in [0.15, 0.2) is 60.8 Å². The molecule has 6 nitrogen and oxygen atoms in total. The Morgan fingerprint density at radius 1 is 1.15 bits per heavy atom. The molecule has 4 aromatic rings. The average molecular weight is 342 g/mol. The fourth-order valence-electron chi connectivity index (χ4n) is 3.06. The molecule has 0 radical (unpaired) electrons. The summed E-state index contributed by atoms with van der Waals surface area (Å²) in [7, 11) is 0. The second kappa shape index (κ2) is 6.22. The van der Waals surface area contributed by atoms with Crippen LogP contribution in [-0.2, 0) is 6.54 Å². The normalized spacial score (nSPS) is 10.7. The summed E-state index contributed by atoms with van der Waals surface area (Å²) in [5.41, 5.74) is 3.09. The molecule has 0 unspecified atom stereocenters. The number of carbonyl (C=O) groups is 1. The SMILES string of the molecule is N#Cc1c(NCc2ccccc2)c2ccccc2n2cc(C(=O)O)nc12. The number of para-hydroxylation sites is 1. The third-order valence-electron chi connectivity index (χ3n) is 4.26. The van der Waals surface area contributed by atoms with E-state index in [1.807, 2.05) is 54.6 Å². The standard InChI is InChI=1S/C20H14N4O2/c21-10-15-18(22-11-13-6-2-1-3-7-13)14-8-4-5-9-17(14)24-12-16(20(25)26)23-19(15)24/h1-9,12,22H,11H2,(H,25,26). The van der Waals surface area contributed by atoms with Crippen molar-refractivity contribution >= 4 is 28.2 Å². The predicted octanol–water partition coefficient (Wildman–Crippen LogP) is 3.67. The van der Waals surface area contributed by atoms with Gasteiger partial charge in [0.1, 0.15) is 11.6 Å². The Labute approximate surface area is 149 Å². The largest absolute Gasteiger partial charge is 0.476 e. The van der Waals surface area contributed by atoms with Crippen LogP contribution in [0.1, 0.15) is 21.6 Å². The predicted molar refractivity (Wildman–Crippen MR) is 98.1 cm³/mol. The van der Waals surface area contributed by atoms with Crippen molar-refractivity contribution in [2.24, 2.45) is 0 Å². The first-order valence-corrected chi connectivity index (χ1v) is 8.04. The zero-order valence-corrected chi connectivity index (χ0v) is 13.7. The number of fused-ring (bicyclic) bond motifs is 3. The molecule has 2 aromatic carbocycles. The number of imidazole rings is 1. The van der Waals surface area contributed by atoms with Crippen molar-refractivity contribution in [1.82, 2.24) is 9.38 Å². The van der Waals surface area contributed by atoms with E-state index in [4.69, 9.17) is 0 Å². The minimum absolute atomic E-state index is 0.0909. The first kappa shape index (κ1) is 15.7. The van der Waals surface area contributed by atoms with Gasteiger partial charge in [0, 0.05) is 18.1 Å². The van der Waals surface area contributed by atoms with Crippen molar-refractivity contribution in [2.75, 3.05) is 5.32 Å². The molecule has 0 bridgehead atoms. The van der Waals surface area contributed by atoms with Crippen molar-refractivity contribution in [1.29, 1.82) is 5.26 Å². The van der Waals surface area contributed by atoms with Gasteiger partial charge in [0.15, 0.2) is 11.3 Å². The number of nitrogens with zero attached hydrogens (tertiary/aromatic N) is 3. The highest BCUT2D eigenvalue weighted by Crippen LogP contribution is 2.31. The minimum atomic E-state index is -1.12. The van der Waals surface area contributed by atoms with Gasteiger partial charge in [-0.1, -0.05) is 48.5 Å². The third kappa shape index (κ3) is 2.52. The number of aromatic carboxylic acids is 1. The van der Waals surface area contributed by atoms with Crippen LogP contribution in [0, 0.1) is 11.3 Å². The molecule has 0 spiro atoms. The zero-order valence-electron chi connectivity index (χ0n) is 13.7. The Hall–Kier alpha value is -3.85. The molecular formula is C20H14N4O2. The molecule has 0 aliphatic rings. The Kier molecular flexibility index (Phi) is 3.75. The van der Waals surface area contributed by atoms with E-state index in [2.05, 4.69) is 16.4 Å². The molecule has 6 heteroatoms. The van der Waals surface area contributed by atoms with E-state index in [-0.39, 0.29) is 5.69 Å². The monoisotopic (exact) mass is 342 g/mol. The number of rotatable bonds is 4. The van der Waals surface area contributed by atoms with Gasteiger partial charge in [-0.25, -0.2) is 9.78 Å². The van der Waals surface area contributed by atoms with E-state index in [1.165, 1.54) is 6.20 Å². The lowest BCUT2D eigenvalue weighted by Crippen LogP contribution is -2.04. The summed E-state index contributed by atoms with van der Waals surface area (Å²) in [5.74, 6) is -1.12. The summed E-state index contributed by atoms with van der Waals surface area (Å²) in [4.78, 5) is 15.5. The molecular weight excluding hydrogens is 328 g/mol. The van der Waals surface area contributed by atoms with Crippen LogP contribution in [0.25, 0.3) is 16.6 Å². The fraction of sp³-hybridized carbons (Fsp3) is 0.0500. The highest BCUT2D eigenvalue weighted by Gasteiger charge is 2.18. The van der Waals surface area contributed by atoms with Crippen LogP contribution in [-0.4, -0.2) is 20.5 Å². The lowest BCUT2D eigenvalue weighted by atomic mass is 10.1. The van der Waals surface area contributed by atoms with Gasteiger partial charge in [-0.2, -0.15) is 5.26 Å². The first-order chi connectivity index (χ1) is 12.7. The number of hydrogen-bond acceptors (Lipinski definition) is 4.